The van der Waals surface area contributed by atoms with Gasteiger partial charge in [-0.15, -0.1) is 0 Å². The van der Waals surface area contributed by atoms with E-state index in [1.807, 2.05) is 6.08 Å². The highest BCUT2D eigenvalue weighted by Gasteiger charge is 2.16. The molecule has 1 heterocycles. The van der Waals surface area contributed by atoms with Crippen molar-refractivity contribution in [1.82, 2.24) is 4.98 Å². The summed E-state index contributed by atoms with van der Waals surface area (Å²) in [6.07, 6.45) is 13.1. The number of hydrogen-bond donors (Lipinski definition) is 2. The largest absolute Gasteiger partial charge is 0.508 e. The predicted octanol–water partition coefficient (Wildman–Crippen LogP) is 7.04. The second-order valence-electron chi connectivity index (χ2n) is 8.64. The van der Waals surface area contributed by atoms with Crippen molar-refractivity contribution in [3.8, 4) is 17.2 Å². The molecule has 0 saturated heterocycles. The lowest BCUT2D eigenvalue weighted by Gasteiger charge is -2.14. The number of nitrogens with one attached hydrogen (secondary N) is 1. The molecule has 0 radical (unpaired) electrons. The van der Waals surface area contributed by atoms with E-state index in [-0.39, 0.29) is 17.1 Å². The van der Waals surface area contributed by atoms with Gasteiger partial charge in [-0.05, 0) is 58.2 Å². The van der Waals surface area contributed by atoms with Crippen LogP contribution >= 0.6 is 0 Å². The Bertz CT molecular complexity index is 968. The number of phenolic OH excluding ortho intramolecular Hbond substituents is 1. The van der Waals surface area contributed by atoms with Gasteiger partial charge in [-0.2, -0.15) is 0 Å². The minimum Gasteiger partial charge on any atom is -0.508 e. The SMILES string of the molecule is CCCCCCCCOc1c(OC/C=C(\C)CCC=C(C)C)c2ccc(O)cc2[nH]c1=O. The number of allylic oxidation sites excluding steroid dienone is 3. The minimum absolute atomic E-state index is 0.0925. The van der Waals surface area contributed by atoms with Gasteiger partial charge in [-0.3, -0.25) is 4.79 Å². The van der Waals surface area contributed by atoms with Crippen LogP contribution in [-0.2, 0) is 0 Å². The zero-order chi connectivity index (χ0) is 23.3. The summed E-state index contributed by atoms with van der Waals surface area (Å²) in [5.41, 5.74) is 2.75. The number of rotatable bonds is 14. The van der Waals surface area contributed by atoms with Gasteiger partial charge in [0.2, 0.25) is 5.75 Å². The molecule has 0 fully saturated rings. The Morgan fingerprint density at radius 3 is 2.50 bits per heavy atom. The maximum absolute atomic E-state index is 12.7. The van der Waals surface area contributed by atoms with Crippen molar-refractivity contribution >= 4 is 10.9 Å². The summed E-state index contributed by atoms with van der Waals surface area (Å²) >= 11 is 0. The van der Waals surface area contributed by atoms with Gasteiger partial charge in [0.25, 0.3) is 5.56 Å². The van der Waals surface area contributed by atoms with E-state index in [1.165, 1.54) is 42.9 Å². The number of aromatic hydroxyl groups is 1. The van der Waals surface area contributed by atoms with Crippen LogP contribution in [0, 0.1) is 0 Å². The van der Waals surface area contributed by atoms with Crippen LogP contribution in [0.3, 0.4) is 0 Å². The Morgan fingerprint density at radius 1 is 1.00 bits per heavy atom. The number of ether oxygens (including phenoxy) is 2. The molecule has 1 aromatic heterocycles. The van der Waals surface area contributed by atoms with Crippen LogP contribution in [0.2, 0.25) is 0 Å². The minimum atomic E-state index is -0.339. The number of hydrogen-bond acceptors (Lipinski definition) is 4. The van der Waals surface area contributed by atoms with Crippen LogP contribution in [0.25, 0.3) is 10.9 Å². The van der Waals surface area contributed by atoms with Crippen molar-refractivity contribution in [2.75, 3.05) is 13.2 Å². The molecule has 0 aliphatic heterocycles. The Morgan fingerprint density at radius 2 is 1.75 bits per heavy atom. The first-order valence-corrected chi connectivity index (χ1v) is 11.9. The number of benzene rings is 1. The van der Waals surface area contributed by atoms with Gasteiger partial charge in [0.05, 0.1) is 12.1 Å². The lowest BCUT2D eigenvalue weighted by atomic mass is 10.1. The summed E-state index contributed by atoms with van der Waals surface area (Å²) in [6, 6.07) is 4.87. The zero-order valence-electron chi connectivity index (χ0n) is 20.1. The second-order valence-corrected chi connectivity index (χ2v) is 8.64. The van der Waals surface area contributed by atoms with Gasteiger partial charge in [0.1, 0.15) is 12.4 Å². The molecule has 32 heavy (non-hydrogen) atoms. The number of fused-ring (bicyclic) bond motifs is 1. The molecular formula is C27H39NO4. The highest BCUT2D eigenvalue weighted by Crippen LogP contribution is 2.33. The van der Waals surface area contributed by atoms with Crippen molar-refractivity contribution < 1.29 is 14.6 Å². The molecule has 1 aromatic carbocycles. The van der Waals surface area contributed by atoms with E-state index in [1.54, 1.807) is 12.1 Å². The van der Waals surface area contributed by atoms with Crippen LogP contribution in [0.1, 0.15) is 79.1 Å². The first-order valence-electron chi connectivity index (χ1n) is 11.9. The summed E-state index contributed by atoms with van der Waals surface area (Å²) in [5.74, 6) is 0.741. The summed E-state index contributed by atoms with van der Waals surface area (Å²) in [4.78, 5) is 15.5. The van der Waals surface area contributed by atoms with E-state index in [0.29, 0.717) is 24.5 Å². The van der Waals surface area contributed by atoms with E-state index in [4.69, 9.17) is 9.47 Å². The van der Waals surface area contributed by atoms with Gasteiger partial charge >= 0.3 is 0 Å². The van der Waals surface area contributed by atoms with Crippen molar-refractivity contribution in [1.29, 1.82) is 0 Å². The van der Waals surface area contributed by atoms with Crippen molar-refractivity contribution in [2.24, 2.45) is 0 Å². The molecule has 2 N–H and O–H groups in total. The smallest absolute Gasteiger partial charge is 0.294 e. The predicted molar refractivity (Wildman–Crippen MR) is 133 cm³/mol. The molecule has 0 saturated carbocycles. The summed E-state index contributed by atoms with van der Waals surface area (Å²) < 4.78 is 12.0. The number of phenols is 1. The summed E-state index contributed by atoms with van der Waals surface area (Å²) in [7, 11) is 0. The highest BCUT2D eigenvalue weighted by atomic mass is 16.5. The summed E-state index contributed by atoms with van der Waals surface area (Å²) in [5, 5.41) is 10.5. The fourth-order valence-corrected chi connectivity index (χ4v) is 3.53. The Balaban J connectivity index is 2.12. The average molecular weight is 442 g/mol. The molecule has 0 atom stereocenters. The zero-order valence-corrected chi connectivity index (χ0v) is 20.1. The molecule has 0 bridgehead atoms. The van der Waals surface area contributed by atoms with Gasteiger partial charge in [-0.25, -0.2) is 0 Å². The van der Waals surface area contributed by atoms with E-state index in [2.05, 4.69) is 38.8 Å². The maximum atomic E-state index is 12.7. The Labute approximate surface area is 192 Å². The second kappa shape index (κ2) is 13.7. The van der Waals surface area contributed by atoms with Crippen LogP contribution in [-0.4, -0.2) is 23.3 Å². The molecule has 2 aromatic rings. The number of aromatic amines is 1. The third-order valence-corrected chi connectivity index (χ3v) is 5.40. The topological polar surface area (TPSA) is 71.5 Å². The van der Waals surface area contributed by atoms with E-state index in [9.17, 15) is 9.90 Å². The van der Waals surface area contributed by atoms with Gasteiger partial charge in [0.15, 0.2) is 5.75 Å². The molecule has 2 rings (SSSR count). The van der Waals surface area contributed by atoms with Crippen molar-refractivity contribution in [3.05, 3.63) is 51.9 Å². The van der Waals surface area contributed by atoms with Crippen LogP contribution in [0.4, 0.5) is 0 Å². The van der Waals surface area contributed by atoms with E-state index >= 15 is 0 Å². The number of H-pyrrole nitrogens is 1. The number of pyridine rings is 1. The van der Waals surface area contributed by atoms with Gasteiger partial charge < -0.3 is 19.6 Å². The molecule has 176 valence electrons. The molecule has 0 spiro atoms. The monoisotopic (exact) mass is 441 g/mol. The fraction of sp³-hybridized carbons (Fsp3) is 0.519. The fourth-order valence-electron chi connectivity index (χ4n) is 3.53. The first kappa shape index (κ1) is 25.6. The molecule has 0 amide bonds. The lowest BCUT2D eigenvalue weighted by molar-refractivity contribution is 0.274. The van der Waals surface area contributed by atoms with Gasteiger partial charge in [0, 0.05) is 11.5 Å². The normalized spacial score (nSPS) is 11.6. The van der Waals surface area contributed by atoms with E-state index in [0.717, 1.165) is 31.1 Å². The highest BCUT2D eigenvalue weighted by molar-refractivity contribution is 5.88. The molecule has 0 unspecified atom stereocenters. The van der Waals surface area contributed by atoms with Crippen LogP contribution < -0.4 is 15.0 Å². The maximum Gasteiger partial charge on any atom is 0.294 e. The Kier molecular flexibility index (Phi) is 10.9. The standard InChI is InChI=1S/C27H39NO4/c1-5-6-7-8-9-10-17-31-26-25(32-18-16-21(4)13-11-12-20(2)3)23-15-14-22(29)19-24(23)28-27(26)30/h12,14-16,19,29H,5-11,13,17-18H2,1-4H3,(H,28,30)/b21-16+. The van der Waals surface area contributed by atoms with Crippen LogP contribution in [0.5, 0.6) is 17.2 Å². The molecule has 0 aliphatic carbocycles. The van der Waals surface area contributed by atoms with Crippen LogP contribution in [0.15, 0.2) is 46.3 Å². The third-order valence-electron chi connectivity index (χ3n) is 5.40. The van der Waals surface area contributed by atoms with Crippen molar-refractivity contribution in [3.63, 3.8) is 0 Å². The quantitative estimate of drug-likeness (QED) is 0.243. The Hall–Kier alpha value is -2.69. The molecule has 5 nitrogen and oxygen atoms in total. The molecule has 0 aliphatic rings. The molecule has 5 heteroatoms. The number of aromatic nitrogens is 1. The van der Waals surface area contributed by atoms with Crippen molar-refractivity contribution in [2.45, 2.75) is 79.1 Å². The van der Waals surface area contributed by atoms with Gasteiger partial charge in [-0.1, -0.05) is 56.3 Å². The third kappa shape index (κ3) is 8.45. The first-order chi connectivity index (χ1) is 15.4. The average Bonchev–Trinajstić information content (AvgIpc) is 2.73. The van der Waals surface area contributed by atoms with E-state index < -0.39 is 0 Å². The summed E-state index contributed by atoms with van der Waals surface area (Å²) in [6.45, 7) is 9.33. The number of unbranched alkanes of at least 4 members (excludes halogenated alkanes) is 5. The molecular weight excluding hydrogens is 402 g/mol. The lowest BCUT2D eigenvalue weighted by Crippen LogP contribution is -2.14.